The second kappa shape index (κ2) is 12.1. The molecule has 0 aromatic heterocycles. The molecule has 5 heteroatoms. The Morgan fingerprint density at radius 1 is 1.11 bits per heavy atom. The lowest BCUT2D eigenvalue weighted by atomic mass is 9.96. The van der Waals surface area contributed by atoms with Crippen LogP contribution < -0.4 is 0 Å². The fourth-order valence-corrected chi connectivity index (χ4v) is 3.05. The second-order valence-electron chi connectivity index (χ2n) is 5.00. The average Bonchev–Trinajstić information content (AvgIpc) is 2.43. The van der Waals surface area contributed by atoms with Gasteiger partial charge in [-0.05, 0) is 31.7 Å². The van der Waals surface area contributed by atoms with Crippen molar-refractivity contribution in [1.82, 2.24) is 4.90 Å². The Labute approximate surface area is 125 Å². The number of likely N-dealkylation sites (tertiary alicyclic amines) is 1. The van der Waals surface area contributed by atoms with Gasteiger partial charge in [-0.25, -0.2) is 0 Å². The maximum absolute atomic E-state index is 5.60. The molecule has 1 rings (SSSR count). The summed E-state index contributed by atoms with van der Waals surface area (Å²) in [6.07, 6.45) is 4.01. The molecule has 0 radical (unpaired) electrons. The highest BCUT2D eigenvalue weighted by molar-refractivity contribution is 9.09. The van der Waals surface area contributed by atoms with Crippen molar-refractivity contribution in [1.29, 1.82) is 0 Å². The summed E-state index contributed by atoms with van der Waals surface area (Å²) in [7, 11) is 1.68. The van der Waals surface area contributed by atoms with Gasteiger partial charge in [0.2, 0.25) is 0 Å². The minimum absolute atomic E-state index is 0.653. The van der Waals surface area contributed by atoms with Crippen LogP contribution in [0.4, 0.5) is 0 Å². The number of alkyl halides is 1. The molecule has 0 spiro atoms. The second-order valence-corrected chi connectivity index (χ2v) is 5.80. The number of halogens is 1. The Bertz CT molecular complexity index is 205. The van der Waals surface area contributed by atoms with Gasteiger partial charge in [0, 0.05) is 25.5 Å². The summed E-state index contributed by atoms with van der Waals surface area (Å²) in [6.45, 7) is 6.98. The molecule has 0 N–H and O–H groups in total. The molecule has 19 heavy (non-hydrogen) atoms. The van der Waals surface area contributed by atoms with Gasteiger partial charge in [-0.1, -0.05) is 15.9 Å². The van der Waals surface area contributed by atoms with E-state index in [2.05, 4.69) is 20.8 Å². The van der Waals surface area contributed by atoms with Crippen LogP contribution in [0.1, 0.15) is 19.3 Å². The minimum Gasteiger partial charge on any atom is -0.382 e. The summed E-state index contributed by atoms with van der Waals surface area (Å²) < 4.78 is 15.8. The van der Waals surface area contributed by atoms with Crippen LogP contribution in [0.25, 0.3) is 0 Å². The Morgan fingerprint density at radius 3 is 2.58 bits per heavy atom. The number of nitrogens with zero attached hydrogens (tertiary/aromatic N) is 1. The Morgan fingerprint density at radius 2 is 1.84 bits per heavy atom. The topological polar surface area (TPSA) is 30.9 Å². The van der Waals surface area contributed by atoms with Gasteiger partial charge < -0.3 is 19.1 Å². The van der Waals surface area contributed by atoms with Gasteiger partial charge in [-0.2, -0.15) is 0 Å². The van der Waals surface area contributed by atoms with Crippen LogP contribution >= 0.6 is 15.9 Å². The van der Waals surface area contributed by atoms with Crippen molar-refractivity contribution in [2.45, 2.75) is 19.3 Å². The summed E-state index contributed by atoms with van der Waals surface area (Å²) in [6, 6.07) is 0. The number of hydrogen-bond acceptors (Lipinski definition) is 4. The third-order valence-corrected chi connectivity index (χ3v) is 3.93. The zero-order valence-electron chi connectivity index (χ0n) is 12.1. The predicted octanol–water partition coefficient (Wildman–Crippen LogP) is 2.16. The maximum Gasteiger partial charge on any atom is 0.0701 e. The molecule has 0 aromatic rings. The molecule has 0 aromatic carbocycles. The zero-order chi connectivity index (χ0) is 13.8. The molecule has 114 valence electrons. The first-order chi connectivity index (χ1) is 9.36. The minimum atomic E-state index is 0.653. The van der Waals surface area contributed by atoms with Crippen LogP contribution in [0.3, 0.4) is 0 Å². The van der Waals surface area contributed by atoms with E-state index in [1.807, 2.05) is 0 Å². The third-order valence-electron chi connectivity index (χ3n) is 3.48. The largest absolute Gasteiger partial charge is 0.382 e. The van der Waals surface area contributed by atoms with E-state index in [1.165, 1.54) is 32.4 Å². The van der Waals surface area contributed by atoms with Gasteiger partial charge >= 0.3 is 0 Å². The normalized spacial score (nSPS) is 20.8. The number of piperidine rings is 1. The van der Waals surface area contributed by atoms with Crippen molar-refractivity contribution in [3.05, 3.63) is 0 Å². The standard InChI is InChI=1S/C14H28BrNO3/c1-17-9-10-19-12-11-18-8-7-16-6-2-3-14(13-16)4-5-15/h14H,2-13H2,1H3. The highest BCUT2D eigenvalue weighted by Gasteiger charge is 2.18. The Hall–Kier alpha value is 0.320. The summed E-state index contributed by atoms with van der Waals surface area (Å²) in [5.74, 6) is 0.866. The summed E-state index contributed by atoms with van der Waals surface area (Å²) in [5, 5.41) is 1.13. The SMILES string of the molecule is COCCOCCOCCN1CCCC(CCBr)C1. The van der Waals surface area contributed by atoms with Crippen molar-refractivity contribution in [2.24, 2.45) is 5.92 Å². The first-order valence-electron chi connectivity index (χ1n) is 7.29. The lowest BCUT2D eigenvalue weighted by molar-refractivity contribution is 0.0166. The van der Waals surface area contributed by atoms with Crippen LogP contribution in [-0.2, 0) is 14.2 Å². The summed E-state index contributed by atoms with van der Waals surface area (Å²) in [5.41, 5.74) is 0. The molecule has 0 aliphatic carbocycles. The van der Waals surface area contributed by atoms with Crippen molar-refractivity contribution in [3.8, 4) is 0 Å². The fraction of sp³-hybridized carbons (Fsp3) is 1.00. The van der Waals surface area contributed by atoms with Crippen molar-refractivity contribution in [3.63, 3.8) is 0 Å². The van der Waals surface area contributed by atoms with Gasteiger partial charge in [0.05, 0.1) is 33.0 Å². The molecule has 0 saturated carbocycles. The maximum atomic E-state index is 5.60. The van der Waals surface area contributed by atoms with E-state index < -0.39 is 0 Å². The average molecular weight is 338 g/mol. The van der Waals surface area contributed by atoms with E-state index in [0.717, 1.165) is 24.4 Å². The van der Waals surface area contributed by atoms with E-state index in [9.17, 15) is 0 Å². The Balaban J connectivity index is 1.91. The van der Waals surface area contributed by atoms with Crippen molar-refractivity contribution >= 4 is 15.9 Å². The van der Waals surface area contributed by atoms with Crippen LogP contribution in [-0.4, -0.2) is 70.0 Å². The molecular formula is C14H28BrNO3. The molecular weight excluding hydrogens is 310 g/mol. The third kappa shape index (κ3) is 8.97. The highest BCUT2D eigenvalue weighted by atomic mass is 79.9. The van der Waals surface area contributed by atoms with Crippen molar-refractivity contribution in [2.75, 3.05) is 65.1 Å². The highest BCUT2D eigenvalue weighted by Crippen LogP contribution is 2.19. The molecule has 0 amide bonds. The molecule has 0 bridgehead atoms. The van der Waals surface area contributed by atoms with Crippen LogP contribution in [0.5, 0.6) is 0 Å². The van der Waals surface area contributed by atoms with Gasteiger partial charge in [-0.15, -0.1) is 0 Å². The van der Waals surface area contributed by atoms with E-state index in [0.29, 0.717) is 26.4 Å². The molecule has 4 nitrogen and oxygen atoms in total. The van der Waals surface area contributed by atoms with E-state index in [4.69, 9.17) is 14.2 Å². The molecule has 1 aliphatic rings. The van der Waals surface area contributed by atoms with Crippen LogP contribution in [0.15, 0.2) is 0 Å². The van der Waals surface area contributed by atoms with E-state index >= 15 is 0 Å². The molecule has 1 aliphatic heterocycles. The zero-order valence-corrected chi connectivity index (χ0v) is 13.7. The molecule has 1 heterocycles. The Kier molecular flexibility index (Phi) is 11.1. The lowest BCUT2D eigenvalue weighted by Gasteiger charge is -2.32. The van der Waals surface area contributed by atoms with Gasteiger partial charge in [-0.3, -0.25) is 0 Å². The lowest BCUT2D eigenvalue weighted by Crippen LogP contribution is -2.37. The smallest absolute Gasteiger partial charge is 0.0701 e. The van der Waals surface area contributed by atoms with E-state index in [-0.39, 0.29) is 0 Å². The molecule has 1 atom stereocenters. The molecule has 1 unspecified atom stereocenters. The number of rotatable bonds is 11. The summed E-state index contributed by atoms with van der Waals surface area (Å²) in [4.78, 5) is 2.53. The quantitative estimate of drug-likeness (QED) is 0.427. The van der Waals surface area contributed by atoms with Crippen LogP contribution in [0.2, 0.25) is 0 Å². The van der Waals surface area contributed by atoms with Gasteiger partial charge in [0.1, 0.15) is 0 Å². The number of ether oxygens (including phenoxy) is 3. The predicted molar refractivity (Wildman–Crippen MR) is 81.1 cm³/mol. The number of hydrogen-bond donors (Lipinski definition) is 0. The monoisotopic (exact) mass is 337 g/mol. The van der Waals surface area contributed by atoms with Gasteiger partial charge in [0.15, 0.2) is 0 Å². The van der Waals surface area contributed by atoms with Crippen molar-refractivity contribution < 1.29 is 14.2 Å². The molecule has 1 fully saturated rings. The van der Waals surface area contributed by atoms with Crippen LogP contribution in [0, 0.1) is 5.92 Å². The summed E-state index contributed by atoms with van der Waals surface area (Å²) >= 11 is 3.54. The first kappa shape index (κ1) is 17.4. The fourth-order valence-electron chi connectivity index (χ4n) is 2.40. The first-order valence-corrected chi connectivity index (χ1v) is 8.41. The number of methoxy groups -OCH3 is 1. The molecule has 1 saturated heterocycles. The van der Waals surface area contributed by atoms with E-state index in [1.54, 1.807) is 7.11 Å². The van der Waals surface area contributed by atoms with Gasteiger partial charge in [0.25, 0.3) is 0 Å².